The fraction of sp³-hybridized carbons (Fsp3) is 0.966. The van der Waals surface area contributed by atoms with E-state index in [2.05, 4.69) is 24.5 Å². The molecule has 0 aliphatic carbocycles. The molecule has 2 N–H and O–H groups in total. The smallest absolute Gasteiger partial charge is 0.220 e. The van der Waals surface area contributed by atoms with Gasteiger partial charge in [0.25, 0.3) is 0 Å². The summed E-state index contributed by atoms with van der Waals surface area (Å²) in [4.78, 5) is 24.9. The van der Waals surface area contributed by atoms with Crippen LogP contribution < -0.4 is 10.6 Å². The Kier molecular flexibility index (Phi) is 51.6. The fourth-order valence-electron chi connectivity index (χ4n) is 8.97. The minimum atomic E-state index is -0.0809. The van der Waals surface area contributed by atoms with Crippen LogP contribution in [0.5, 0.6) is 0 Å². The number of nitrogens with one attached hydrogen (secondary N) is 2. The van der Waals surface area contributed by atoms with Crippen LogP contribution in [0.15, 0.2) is 0 Å². The summed E-state index contributed by atoms with van der Waals surface area (Å²) in [5, 5.41) is 6.18. The normalized spacial score (nSPS) is 14.0. The van der Waals surface area contributed by atoms with Crippen molar-refractivity contribution in [2.75, 3.05) is 33.0 Å². The van der Waals surface area contributed by atoms with Gasteiger partial charge in [0.15, 0.2) is 0 Å². The molecule has 0 saturated heterocycles. The third-order valence-electron chi connectivity index (χ3n) is 13.4. The number of hydrogen-bond acceptors (Lipinski definition) is 6. The van der Waals surface area contributed by atoms with Crippen LogP contribution in [0, 0.1) is 0 Å². The first kappa shape index (κ1) is 65.8. The molecule has 0 aliphatic rings. The van der Waals surface area contributed by atoms with Gasteiger partial charge in [-0.05, 0) is 47.5 Å². The summed E-state index contributed by atoms with van der Waals surface area (Å²) >= 11 is 0. The molecule has 2 amide bonds. The first-order valence-electron chi connectivity index (χ1n) is 29.7. The van der Waals surface area contributed by atoms with Gasteiger partial charge in [-0.1, -0.05) is 245 Å². The van der Waals surface area contributed by atoms with Gasteiger partial charge in [0.2, 0.25) is 11.8 Å². The molecule has 0 heterocycles. The van der Waals surface area contributed by atoms with Gasteiger partial charge in [-0.15, -0.1) is 0 Å². The highest BCUT2D eigenvalue weighted by Gasteiger charge is 2.14. The molecule has 67 heavy (non-hydrogen) atoms. The standard InChI is InChI=1S/C59H118N2O6/c1-8-10-12-14-16-18-20-22-24-26-28-30-32-34-36-38-40-42-44-46-58(62)60-53(3)48-64-50-55(5)66-52-57(7)67-51-56(6)65-49-54(4)61-59(63)47-45-43-41-39-37-35-33-31-29-27-25-23-21-19-17-15-13-11-9-2/h53-57H,8-52H2,1-7H3,(H,60,62)(H,61,63). The molecule has 0 aromatic rings. The van der Waals surface area contributed by atoms with Crippen LogP contribution in [0.25, 0.3) is 0 Å². The van der Waals surface area contributed by atoms with E-state index in [4.69, 9.17) is 18.9 Å². The van der Waals surface area contributed by atoms with Crippen molar-refractivity contribution in [1.82, 2.24) is 10.6 Å². The van der Waals surface area contributed by atoms with E-state index >= 15 is 0 Å². The van der Waals surface area contributed by atoms with Crippen LogP contribution in [0.2, 0.25) is 0 Å². The molecule has 5 unspecified atom stereocenters. The van der Waals surface area contributed by atoms with Gasteiger partial charge in [0.05, 0.1) is 51.3 Å². The van der Waals surface area contributed by atoms with E-state index in [0.717, 1.165) is 25.7 Å². The maximum atomic E-state index is 12.5. The first-order valence-corrected chi connectivity index (χ1v) is 29.7. The van der Waals surface area contributed by atoms with Crippen LogP contribution in [0.1, 0.15) is 305 Å². The number of unbranched alkanes of at least 4 members (excludes halogenated alkanes) is 36. The highest BCUT2D eigenvalue weighted by Crippen LogP contribution is 2.17. The molecule has 8 heteroatoms. The molecule has 0 radical (unpaired) electrons. The van der Waals surface area contributed by atoms with Gasteiger partial charge in [-0.2, -0.15) is 0 Å². The highest BCUT2D eigenvalue weighted by atomic mass is 16.6. The predicted molar refractivity (Wildman–Crippen MR) is 288 cm³/mol. The molecule has 0 saturated carbocycles. The average molecular weight is 952 g/mol. The third-order valence-corrected chi connectivity index (χ3v) is 13.4. The SMILES string of the molecule is CCCCCCCCCCCCCCCCCCCCCC(=O)NC(C)COCC(C)OCC(C)OCC(C)OCC(C)NC(=O)CCCCCCCCCCCCCCCCCCCCC. The Morgan fingerprint density at radius 2 is 0.522 bits per heavy atom. The lowest BCUT2D eigenvalue weighted by Crippen LogP contribution is -2.37. The molecule has 400 valence electrons. The molecule has 0 fully saturated rings. The van der Waals surface area contributed by atoms with Crippen molar-refractivity contribution in [3.63, 3.8) is 0 Å². The summed E-state index contributed by atoms with van der Waals surface area (Å²) in [5.74, 6) is 0.244. The Labute approximate surface area is 418 Å². The molecule has 0 bridgehead atoms. The van der Waals surface area contributed by atoms with Gasteiger partial charge in [-0.25, -0.2) is 0 Å². The van der Waals surface area contributed by atoms with Crippen molar-refractivity contribution in [1.29, 1.82) is 0 Å². The van der Waals surface area contributed by atoms with E-state index in [0.29, 0.717) is 45.9 Å². The number of carbonyl (C=O) groups is 2. The van der Waals surface area contributed by atoms with Gasteiger partial charge in [0.1, 0.15) is 0 Å². The molecule has 8 nitrogen and oxygen atoms in total. The van der Waals surface area contributed by atoms with E-state index < -0.39 is 0 Å². The molecule has 0 rings (SSSR count). The lowest BCUT2D eigenvalue weighted by molar-refractivity contribution is -0.123. The lowest BCUT2D eigenvalue weighted by Gasteiger charge is -2.22. The molecule has 0 aromatic carbocycles. The Balaban J connectivity index is 3.61. The minimum absolute atomic E-state index is 0.0249. The minimum Gasteiger partial charge on any atom is -0.377 e. The topological polar surface area (TPSA) is 95.1 Å². The molecular weight excluding hydrogens is 833 g/mol. The van der Waals surface area contributed by atoms with Crippen LogP contribution in [-0.4, -0.2) is 75.2 Å². The fourth-order valence-corrected chi connectivity index (χ4v) is 8.97. The molecule has 0 aromatic heterocycles. The third kappa shape index (κ3) is 52.4. The molecule has 5 atom stereocenters. The van der Waals surface area contributed by atoms with Crippen molar-refractivity contribution in [2.45, 2.75) is 336 Å². The van der Waals surface area contributed by atoms with Crippen molar-refractivity contribution in [3.8, 4) is 0 Å². The van der Waals surface area contributed by atoms with E-state index in [1.54, 1.807) is 0 Å². The van der Waals surface area contributed by atoms with E-state index in [-0.39, 0.29) is 42.2 Å². The van der Waals surface area contributed by atoms with Crippen molar-refractivity contribution < 1.29 is 28.5 Å². The van der Waals surface area contributed by atoms with Gasteiger partial charge >= 0.3 is 0 Å². The number of hydrogen-bond donors (Lipinski definition) is 2. The van der Waals surface area contributed by atoms with Crippen molar-refractivity contribution in [3.05, 3.63) is 0 Å². The summed E-state index contributed by atoms with van der Waals surface area (Å²) in [7, 11) is 0. The zero-order valence-electron chi connectivity index (χ0n) is 46.2. The predicted octanol–water partition coefficient (Wildman–Crippen LogP) is 16.9. The largest absolute Gasteiger partial charge is 0.377 e. The Bertz CT molecular complexity index is 1010. The Morgan fingerprint density at radius 1 is 0.299 bits per heavy atom. The second kappa shape index (κ2) is 52.6. The summed E-state index contributed by atoms with van der Waals surface area (Å²) in [6.45, 7) is 16.9. The molecule has 0 spiro atoms. The maximum absolute atomic E-state index is 12.5. The van der Waals surface area contributed by atoms with Crippen molar-refractivity contribution >= 4 is 11.8 Å². The summed E-state index contributed by atoms with van der Waals surface area (Å²) < 4.78 is 23.8. The monoisotopic (exact) mass is 951 g/mol. The molecule has 0 aliphatic heterocycles. The van der Waals surface area contributed by atoms with Crippen LogP contribution >= 0.6 is 0 Å². The second-order valence-corrected chi connectivity index (χ2v) is 21.1. The van der Waals surface area contributed by atoms with Gasteiger partial charge in [-0.3, -0.25) is 9.59 Å². The lowest BCUT2D eigenvalue weighted by atomic mass is 10.0. The molecular formula is C59H118N2O6. The van der Waals surface area contributed by atoms with Crippen LogP contribution in [0.3, 0.4) is 0 Å². The van der Waals surface area contributed by atoms with E-state index in [9.17, 15) is 9.59 Å². The number of ether oxygens (including phenoxy) is 4. The van der Waals surface area contributed by atoms with E-state index in [1.807, 2.05) is 34.6 Å². The highest BCUT2D eigenvalue weighted by molar-refractivity contribution is 5.76. The number of carbonyl (C=O) groups excluding carboxylic acids is 2. The Hall–Kier alpha value is -1.22. The zero-order chi connectivity index (χ0) is 49.1. The van der Waals surface area contributed by atoms with Crippen LogP contribution in [0.4, 0.5) is 0 Å². The Morgan fingerprint density at radius 3 is 0.806 bits per heavy atom. The summed E-state index contributed by atoms with van der Waals surface area (Å²) in [6, 6.07) is -0.0562. The van der Waals surface area contributed by atoms with E-state index in [1.165, 1.54) is 218 Å². The average Bonchev–Trinajstić information content (AvgIpc) is 3.30. The first-order chi connectivity index (χ1) is 32.7. The summed E-state index contributed by atoms with van der Waals surface area (Å²) in [5.41, 5.74) is 0. The van der Waals surface area contributed by atoms with Crippen LogP contribution in [-0.2, 0) is 28.5 Å². The second-order valence-electron chi connectivity index (χ2n) is 21.1. The summed E-state index contributed by atoms with van der Waals surface area (Å²) in [6.07, 6.45) is 52.5. The number of amides is 2. The van der Waals surface area contributed by atoms with Gasteiger partial charge < -0.3 is 29.6 Å². The zero-order valence-corrected chi connectivity index (χ0v) is 46.2. The maximum Gasteiger partial charge on any atom is 0.220 e. The van der Waals surface area contributed by atoms with Crippen molar-refractivity contribution in [2.24, 2.45) is 0 Å². The quantitative estimate of drug-likeness (QED) is 0.0590. The van der Waals surface area contributed by atoms with Gasteiger partial charge in [0, 0.05) is 24.9 Å². The number of rotatable bonds is 55.